The highest BCUT2D eigenvalue weighted by Crippen LogP contribution is 2.33. The first kappa shape index (κ1) is 18.5. The Morgan fingerprint density at radius 3 is 2.90 bits per heavy atom. The summed E-state index contributed by atoms with van der Waals surface area (Å²) in [7, 11) is 1.52. The third-order valence-corrected chi connectivity index (χ3v) is 5.26. The largest absolute Gasteiger partial charge is 0.435 e. The molecular weight excluding hydrogens is 404 g/mol. The average molecular weight is 421 g/mol. The maximum Gasteiger partial charge on any atom is 0.248 e. The smallest absolute Gasteiger partial charge is 0.248 e. The third-order valence-electron chi connectivity index (χ3n) is 5.02. The fourth-order valence-corrected chi connectivity index (χ4v) is 3.78. The van der Waals surface area contributed by atoms with Crippen LogP contribution in [0.4, 0.5) is 0 Å². The van der Waals surface area contributed by atoms with Crippen molar-refractivity contribution in [2.24, 2.45) is 0 Å². The van der Waals surface area contributed by atoms with E-state index in [4.69, 9.17) is 31.6 Å². The van der Waals surface area contributed by atoms with Crippen molar-refractivity contribution in [3.8, 4) is 17.3 Å². The molecule has 2 aromatic carbocycles. The van der Waals surface area contributed by atoms with Gasteiger partial charge >= 0.3 is 0 Å². The molecule has 0 saturated carbocycles. The maximum atomic E-state index is 8.75. The van der Waals surface area contributed by atoms with Crippen molar-refractivity contribution in [1.82, 2.24) is 19.4 Å². The van der Waals surface area contributed by atoms with Gasteiger partial charge in [-0.25, -0.2) is 9.97 Å². The Bertz CT molecular complexity index is 1280. The number of ether oxygens (including phenoxy) is 1. The summed E-state index contributed by atoms with van der Waals surface area (Å²) in [5, 5.41) is 17.7. The Balaban J connectivity index is 1.71. The lowest BCUT2D eigenvalue weighted by molar-refractivity contribution is 0.236. The van der Waals surface area contributed by atoms with Crippen LogP contribution in [0.1, 0.15) is 11.3 Å². The van der Waals surface area contributed by atoms with Gasteiger partial charge in [0.05, 0.1) is 17.9 Å². The predicted molar refractivity (Wildman–Crippen MR) is 114 cm³/mol. The summed E-state index contributed by atoms with van der Waals surface area (Å²) in [5.41, 5.74) is 4.09. The van der Waals surface area contributed by atoms with Crippen LogP contribution in [0.5, 0.6) is 0 Å². The monoisotopic (exact) mass is 420 g/mol. The van der Waals surface area contributed by atoms with Crippen molar-refractivity contribution in [2.45, 2.75) is 6.54 Å². The number of benzene rings is 2. The number of imidazole rings is 1. The van der Waals surface area contributed by atoms with Crippen LogP contribution in [0, 0.1) is 10.8 Å². The van der Waals surface area contributed by atoms with Gasteiger partial charge in [0.25, 0.3) is 0 Å². The lowest BCUT2D eigenvalue weighted by Crippen LogP contribution is -2.37. The number of rotatable bonds is 3. The van der Waals surface area contributed by atoms with Gasteiger partial charge in [-0.15, -0.1) is 0 Å². The van der Waals surface area contributed by atoms with Crippen LogP contribution in [0.3, 0.4) is 0 Å². The van der Waals surface area contributed by atoms with E-state index >= 15 is 0 Å². The van der Waals surface area contributed by atoms with Gasteiger partial charge in [0, 0.05) is 17.7 Å². The Kier molecular flexibility index (Phi) is 4.38. The quantitative estimate of drug-likeness (QED) is 0.383. The van der Waals surface area contributed by atoms with Crippen molar-refractivity contribution >= 4 is 34.4 Å². The fourth-order valence-electron chi connectivity index (χ4n) is 3.61. The molecule has 8 nitrogen and oxygen atoms in total. The molecule has 0 fully saturated rings. The zero-order chi connectivity index (χ0) is 20.8. The summed E-state index contributed by atoms with van der Waals surface area (Å²) in [4.78, 5) is 10.7. The second-order valence-electron chi connectivity index (χ2n) is 6.87. The molecular formula is C21H17ClN6O2. The van der Waals surface area contributed by atoms with E-state index in [2.05, 4.69) is 9.97 Å². The van der Waals surface area contributed by atoms with E-state index < -0.39 is 0 Å². The fraction of sp³-hybridized carbons (Fsp3) is 0.143. The summed E-state index contributed by atoms with van der Waals surface area (Å²) in [5.74, 6) is 0.723. The number of para-hydroxylation sites is 2. The summed E-state index contributed by atoms with van der Waals surface area (Å²) >= 11 is 6.21. The molecule has 0 atom stereocenters. The van der Waals surface area contributed by atoms with E-state index in [1.165, 1.54) is 7.11 Å². The van der Waals surface area contributed by atoms with E-state index in [1.807, 2.05) is 34.9 Å². The van der Waals surface area contributed by atoms with Crippen LogP contribution in [-0.4, -0.2) is 44.8 Å². The first-order valence-electron chi connectivity index (χ1n) is 9.21. The average Bonchev–Trinajstić information content (AvgIpc) is 3.32. The number of amidine groups is 2. The topological polar surface area (TPSA) is 104 Å². The molecule has 150 valence electrons. The second kappa shape index (κ2) is 7.08. The van der Waals surface area contributed by atoms with Crippen molar-refractivity contribution in [3.05, 3.63) is 65.1 Å². The molecule has 0 bridgehead atoms. The SMILES string of the molecule is COCC(=N)N1Cc2c(-c3nc4ccccc4o3)ncn2-c2ccc(Cl)cc2C1=N. The number of nitrogens with zero attached hydrogens (tertiary/aromatic N) is 4. The molecule has 5 rings (SSSR count). The van der Waals surface area contributed by atoms with Gasteiger partial charge in [-0.1, -0.05) is 23.7 Å². The van der Waals surface area contributed by atoms with Gasteiger partial charge in [-0.3, -0.25) is 15.4 Å². The highest BCUT2D eigenvalue weighted by atomic mass is 35.5. The molecule has 3 heterocycles. The lowest BCUT2D eigenvalue weighted by Gasteiger charge is -2.23. The molecule has 0 radical (unpaired) electrons. The molecule has 0 amide bonds. The number of halogens is 1. The zero-order valence-electron chi connectivity index (χ0n) is 16.0. The first-order chi connectivity index (χ1) is 14.6. The molecule has 1 aliphatic rings. The van der Waals surface area contributed by atoms with Gasteiger partial charge in [-0.05, 0) is 30.3 Å². The Morgan fingerprint density at radius 2 is 2.10 bits per heavy atom. The van der Waals surface area contributed by atoms with Crippen molar-refractivity contribution < 1.29 is 9.15 Å². The number of methoxy groups -OCH3 is 1. The van der Waals surface area contributed by atoms with Crippen LogP contribution in [0.2, 0.25) is 5.02 Å². The summed E-state index contributed by atoms with van der Waals surface area (Å²) in [6.45, 7) is 0.312. The van der Waals surface area contributed by atoms with Crippen LogP contribution in [0.15, 0.2) is 53.2 Å². The molecule has 2 N–H and O–H groups in total. The molecule has 0 spiro atoms. The molecule has 1 aliphatic heterocycles. The second-order valence-corrected chi connectivity index (χ2v) is 7.31. The summed E-state index contributed by atoms with van der Waals surface area (Å²) < 4.78 is 13.0. The molecule has 4 aromatic rings. The standard InChI is InChI=1S/C21H17ClN6O2/c1-29-10-18(23)27-9-16-19(21-26-14-4-2-3-5-17(14)30-21)25-11-28(16)15-7-6-12(22)8-13(15)20(27)24/h2-8,11,23-24H,9-10H2,1H3. The maximum absolute atomic E-state index is 8.75. The normalized spacial score (nSPS) is 13.3. The van der Waals surface area contributed by atoms with Gasteiger partial charge in [0.1, 0.15) is 35.8 Å². The molecule has 2 aromatic heterocycles. The summed E-state index contributed by atoms with van der Waals surface area (Å²) in [6, 6.07) is 12.9. The third kappa shape index (κ3) is 2.89. The first-order valence-corrected chi connectivity index (χ1v) is 9.59. The Morgan fingerprint density at radius 1 is 1.27 bits per heavy atom. The van der Waals surface area contributed by atoms with E-state index in [-0.39, 0.29) is 24.8 Å². The highest BCUT2D eigenvalue weighted by molar-refractivity contribution is 6.31. The zero-order valence-corrected chi connectivity index (χ0v) is 16.8. The van der Waals surface area contributed by atoms with Crippen LogP contribution in [-0.2, 0) is 11.3 Å². The van der Waals surface area contributed by atoms with E-state index in [9.17, 15) is 0 Å². The lowest BCUT2D eigenvalue weighted by atomic mass is 10.1. The summed E-state index contributed by atoms with van der Waals surface area (Å²) in [6.07, 6.45) is 1.68. The number of aromatic nitrogens is 3. The van der Waals surface area contributed by atoms with Crippen LogP contribution in [0.25, 0.3) is 28.4 Å². The number of fused-ring (bicyclic) bond motifs is 4. The Hall–Kier alpha value is -3.49. The van der Waals surface area contributed by atoms with Gasteiger partial charge in [0.15, 0.2) is 5.58 Å². The van der Waals surface area contributed by atoms with Crippen molar-refractivity contribution in [3.63, 3.8) is 0 Å². The van der Waals surface area contributed by atoms with Crippen LogP contribution >= 0.6 is 11.6 Å². The highest BCUT2D eigenvalue weighted by Gasteiger charge is 2.30. The van der Waals surface area contributed by atoms with Crippen molar-refractivity contribution in [2.75, 3.05) is 13.7 Å². The predicted octanol–water partition coefficient (Wildman–Crippen LogP) is 4.10. The molecule has 0 saturated heterocycles. The van der Waals surface area contributed by atoms with Gasteiger partial charge in [0.2, 0.25) is 5.89 Å². The number of hydrogen-bond donors (Lipinski definition) is 2. The molecule has 30 heavy (non-hydrogen) atoms. The molecule has 0 aliphatic carbocycles. The minimum atomic E-state index is 0.0740. The van der Waals surface area contributed by atoms with E-state index in [1.54, 1.807) is 23.4 Å². The number of nitrogens with one attached hydrogen (secondary N) is 2. The van der Waals surface area contributed by atoms with E-state index in [0.717, 1.165) is 16.9 Å². The van der Waals surface area contributed by atoms with Crippen LogP contribution < -0.4 is 0 Å². The van der Waals surface area contributed by atoms with Gasteiger partial charge < -0.3 is 14.1 Å². The molecule has 9 heteroatoms. The minimum absolute atomic E-state index is 0.0740. The minimum Gasteiger partial charge on any atom is -0.435 e. The Labute approximate surface area is 176 Å². The van der Waals surface area contributed by atoms with Gasteiger partial charge in [-0.2, -0.15) is 0 Å². The molecule has 0 unspecified atom stereocenters. The van der Waals surface area contributed by atoms with E-state index in [0.29, 0.717) is 27.8 Å². The van der Waals surface area contributed by atoms with Crippen molar-refractivity contribution in [1.29, 1.82) is 10.8 Å². The number of hydrogen-bond acceptors (Lipinski definition) is 6. The number of oxazole rings is 1.